The minimum atomic E-state index is -0.438. The van der Waals surface area contributed by atoms with Crippen LogP contribution in [0.3, 0.4) is 0 Å². The molecular formula is C15H12N4O2. The van der Waals surface area contributed by atoms with E-state index in [9.17, 15) is 9.59 Å². The highest BCUT2D eigenvalue weighted by molar-refractivity contribution is 5.81. The number of hydrogen-bond donors (Lipinski definition) is 1. The first-order chi connectivity index (χ1) is 10.1. The minimum absolute atomic E-state index is 0.198. The molecule has 2 aromatic heterocycles. The van der Waals surface area contributed by atoms with E-state index in [2.05, 4.69) is 4.98 Å². The summed E-state index contributed by atoms with van der Waals surface area (Å²) in [5.41, 5.74) is 0.906. The lowest BCUT2D eigenvalue weighted by atomic mass is 10.2. The summed E-state index contributed by atoms with van der Waals surface area (Å²) in [6.07, 6.45) is 1.44. The Labute approximate surface area is 119 Å². The first-order valence-electron chi connectivity index (χ1n) is 6.38. The fourth-order valence-electron chi connectivity index (χ4n) is 2.42. The topological polar surface area (TPSA) is 83.6 Å². The lowest BCUT2D eigenvalue weighted by molar-refractivity contribution is 0.660. The Kier molecular flexibility index (Phi) is 2.95. The normalized spacial score (nSPS) is 10.7. The Balaban J connectivity index is 2.29. The SMILES string of the molecule is Cn1c(=O)n(Cc2ccccc2)c(=O)c2[nH]cc(C#N)c21. The highest BCUT2D eigenvalue weighted by Crippen LogP contribution is 2.11. The van der Waals surface area contributed by atoms with Crippen LogP contribution in [0, 0.1) is 11.3 Å². The number of H-pyrrole nitrogens is 1. The van der Waals surface area contributed by atoms with Crippen LogP contribution in [0.2, 0.25) is 0 Å². The predicted molar refractivity (Wildman–Crippen MR) is 78.1 cm³/mol. The van der Waals surface area contributed by atoms with Crippen molar-refractivity contribution in [1.82, 2.24) is 14.1 Å². The van der Waals surface area contributed by atoms with Crippen molar-refractivity contribution in [1.29, 1.82) is 5.26 Å². The number of aromatic nitrogens is 3. The summed E-state index contributed by atoms with van der Waals surface area (Å²) in [6, 6.07) is 11.3. The monoisotopic (exact) mass is 280 g/mol. The zero-order chi connectivity index (χ0) is 15.0. The van der Waals surface area contributed by atoms with Crippen molar-refractivity contribution < 1.29 is 0 Å². The van der Waals surface area contributed by atoms with E-state index in [4.69, 9.17) is 5.26 Å². The molecule has 6 heteroatoms. The molecule has 2 heterocycles. The Morgan fingerprint density at radius 2 is 1.95 bits per heavy atom. The molecule has 0 saturated heterocycles. The number of rotatable bonds is 2. The first-order valence-corrected chi connectivity index (χ1v) is 6.38. The highest BCUT2D eigenvalue weighted by Gasteiger charge is 2.15. The van der Waals surface area contributed by atoms with Crippen LogP contribution in [-0.4, -0.2) is 14.1 Å². The molecule has 6 nitrogen and oxygen atoms in total. The van der Waals surface area contributed by atoms with Gasteiger partial charge >= 0.3 is 5.69 Å². The molecule has 3 aromatic rings. The number of hydrogen-bond acceptors (Lipinski definition) is 3. The van der Waals surface area contributed by atoms with Crippen LogP contribution < -0.4 is 11.2 Å². The van der Waals surface area contributed by atoms with Crippen molar-refractivity contribution in [3.8, 4) is 6.07 Å². The molecule has 104 valence electrons. The molecule has 0 amide bonds. The number of nitriles is 1. The quantitative estimate of drug-likeness (QED) is 0.758. The van der Waals surface area contributed by atoms with Crippen molar-refractivity contribution in [2.75, 3.05) is 0 Å². The minimum Gasteiger partial charge on any atom is -0.354 e. The van der Waals surface area contributed by atoms with E-state index in [-0.39, 0.29) is 17.6 Å². The fraction of sp³-hybridized carbons (Fsp3) is 0.133. The van der Waals surface area contributed by atoms with Gasteiger partial charge in [0.1, 0.15) is 11.6 Å². The summed E-state index contributed by atoms with van der Waals surface area (Å²) in [5.74, 6) is 0. The predicted octanol–water partition coefficient (Wildman–Crippen LogP) is 0.948. The van der Waals surface area contributed by atoms with Gasteiger partial charge in [0.2, 0.25) is 0 Å². The molecule has 0 aliphatic rings. The van der Waals surface area contributed by atoms with Gasteiger partial charge in [0, 0.05) is 13.2 Å². The van der Waals surface area contributed by atoms with Gasteiger partial charge in [-0.05, 0) is 5.56 Å². The molecule has 1 N–H and O–H groups in total. The third kappa shape index (κ3) is 1.96. The summed E-state index contributed by atoms with van der Waals surface area (Å²) >= 11 is 0. The van der Waals surface area contributed by atoms with Gasteiger partial charge in [0.05, 0.1) is 17.6 Å². The molecular weight excluding hydrogens is 268 g/mol. The molecule has 0 saturated carbocycles. The second kappa shape index (κ2) is 4.80. The average Bonchev–Trinajstić information content (AvgIpc) is 2.94. The molecule has 0 fully saturated rings. The van der Waals surface area contributed by atoms with Crippen LogP contribution in [0.5, 0.6) is 0 Å². The van der Waals surface area contributed by atoms with Crippen LogP contribution in [-0.2, 0) is 13.6 Å². The average molecular weight is 280 g/mol. The van der Waals surface area contributed by atoms with Crippen LogP contribution >= 0.6 is 0 Å². The van der Waals surface area contributed by atoms with E-state index in [1.807, 2.05) is 36.4 Å². The molecule has 0 radical (unpaired) electrons. The molecule has 0 unspecified atom stereocenters. The molecule has 0 atom stereocenters. The Bertz CT molecular complexity index is 971. The van der Waals surface area contributed by atoms with E-state index >= 15 is 0 Å². The first kappa shape index (κ1) is 12.9. The lowest BCUT2D eigenvalue weighted by Gasteiger charge is -2.08. The van der Waals surface area contributed by atoms with Crippen molar-refractivity contribution in [2.45, 2.75) is 6.54 Å². The molecule has 0 spiro atoms. The van der Waals surface area contributed by atoms with E-state index in [1.165, 1.54) is 10.8 Å². The summed E-state index contributed by atoms with van der Waals surface area (Å²) in [7, 11) is 1.56. The third-order valence-corrected chi connectivity index (χ3v) is 3.47. The maximum Gasteiger partial charge on any atom is 0.331 e. The van der Waals surface area contributed by atoms with Crippen molar-refractivity contribution in [3.05, 3.63) is 68.5 Å². The molecule has 0 aliphatic carbocycles. The summed E-state index contributed by atoms with van der Waals surface area (Å²) in [5, 5.41) is 9.04. The van der Waals surface area contributed by atoms with E-state index in [0.29, 0.717) is 5.52 Å². The maximum atomic E-state index is 12.4. The summed E-state index contributed by atoms with van der Waals surface area (Å²) in [6.45, 7) is 0.198. The van der Waals surface area contributed by atoms with Gasteiger partial charge in [-0.1, -0.05) is 30.3 Å². The number of aryl methyl sites for hydroxylation is 1. The van der Waals surface area contributed by atoms with Crippen LogP contribution in [0.25, 0.3) is 11.0 Å². The summed E-state index contributed by atoms with van der Waals surface area (Å²) in [4.78, 5) is 27.6. The molecule has 3 rings (SSSR count). The van der Waals surface area contributed by atoms with E-state index in [1.54, 1.807) is 7.05 Å². The number of nitrogens with one attached hydrogen (secondary N) is 1. The summed E-state index contributed by atoms with van der Waals surface area (Å²) < 4.78 is 2.49. The molecule has 0 bridgehead atoms. The van der Waals surface area contributed by atoms with Gasteiger partial charge < -0.3 is 4.98 Å². The fourth-order valence-corrected chi connectivity index (χ4v) is 2.42. The maximum absolute atomic E-state index is 12.4. The molecule has 21 heavy (non-hydrogen) atoms. The van der Waals surface area contributed by atoms with Crippen molar-refractivity contribution in [2.24, 2.45) is 7.05 Å². The van der Waals surface area contributed by atoms with E-state index < -0.39 is 11.2 Å². The second-order valence-corrected chi connectivity index (χ2v) is 4.76. The number of nitrogens with zero attached hydrogens (tertiary/aromatic N) is 3. The van der Waals surface area contributed by atoms with Gasteiger partial charge in [0.15, 0.2) is 0 Å². The van der Waals surface area contributed by atoms with Gasteiger partial charge in [-0.3, -0.25) is 13.9 Å². The lowest BCUT2D eigenvalue weighted by Crippen LogP contribution is -2.39. The van der Waals surface area contributed by atoms with Gasteiger partial charge in [-0.2, -0.15) is 5.26 Å². The number of fused-ring (bicyclic) bond motifs is 1. The van der Waals surface area contributed by atoms with Crippen LogP contribution in [0.4, 0.5) is 0 Å². The van der Waals surface area contributed by atoms with Crippen LogP contribution in [0.1, 0.15) is 11.1 Å². The van der Waals surface area contributed by atoms with Gasteiger partial charge in [-0.25, -0.2) is 4.79 Å². The van der Waals surface area contributed by atoms with Gasteiger partial charge in [-0.15, -0.1) is 0 Å². The third-order valence-electron chi connectivity index (χ3n) is 3.47. The second-order valence-electron chi connectivity index (χ2n) is 4.76. The zero-order valence-electron chi connectivity index (χ0n) is 11.3. The Hall–Kier alpha value is -3.07. The van der Waals surface area contributed by atoms with Crippen molar-refractivity contribution in [3.63, 3.8) is 0 Å². The Morgan fingerprint density at radius 1 is 1.24 bits per heavy atom. The van der Waals surface area contributed by atoms with Crippen molar-refractivity contribution >= 4 is 11.0 Å². The number of aromatic amines is 1. The smallest absolute Gasteiger partial charge is 0.331 e. The van der Waals surface area contributed by atoms with Gasteiger partial charge in [0.25, 0.3) is 5.56 Å². The van der Waals surface area contributed by atoms with Crippen LogP contribution in [0.15, 0.2) is 46.1 Å². The zero-order valence-corrected chi connectivity index (χ0v) is 11.3. The van der Waals surface area contributed by atoms with E-state index in [0.717, 1.165) is 10.1 Å². The number of benzene rings is 1. The standard InChI is InChI=1S/C15H12N4O2/c1-18-13-11(7-16)8-17-12(13)14(20)19(15(18)21)9-10-5-3-2-4-6-10/h2-6,8,17H,9H2,1H3. The molecule has 1 aromatic carbocycles. The molecule has 0 aliphatic heterocycles. The largest absolute Gasteiger partial charge is 0.354 e. The highest BCUT2D eigenvalue weighted by atomic mass is 16.2. The Morgan fingerprint density at radius 3 is 2.62 bits per heavy atom.